The number of hydrogen-bond acceptors (Lipinski definition) is 6. The molecule has 0 N–H and O–H groups in total. The van der Waals surface area contributed by atoms with Crippen LogP contribution in [-0.2, 0) is 4.79 Å². The highest BCUT2D eigenvalue weighted by Crippen LogP contribution is 2.32. The maximum Gasteiger partial charge on any atom is 0.298 e. The largest absolute Gasteiger partial charge is 0.413 e. The van der Waals surface area contributed by atoms with E-state index in [1.54, 1.807) is 5.01 Å². The van der Waals surface area contributed by atoms with Crippen molar-refractivity contribution in [3.05, 3.63) is 47.9 Å². The fraction of sp³-hybridized carbons (Fsp3) is 0.368. The Bertz CT molecular complexity index is 846. The quantitative estimate of drug-likeness (QED) is 0.850. The molecule has 26 heavy (non-hydrogen) atoms. The van der Waals surface area contributed by atoms with Gasteiger partial charge in [-0.25, -0.2) is 9.99 Å². The maximum atomic E-state index is 13.0. The van der Waals surface area contributed by atoms with Gasteiger partial charge in [0.15, 0.2) is 0 Å². The summed E-state index contributed by atoms with van der Waals surface area (Å²) in [7, 11) is 0. The topological polar surface area (TPSA) is 85.7 Å². The third kappa shape index (κ3) is 3.06. The van der Waals surface area contributed by atoms with Gasteiger partial charge < -0.3 is 9.32 Å². The first-order valence-corrected chi connectivity index (χ1v) is 8.77. The van der Waals surface area contributed by atoms with Crippen LogP contribution in [0.25, 0.3) is 0 Å². The molecule has 132 valence electrons. The number of carbonyl (C=O) groups excluding carboxylic acids is 1. The van der Waals surface area contributed by atoms with E-state index in [1.807, 2.05) is 47.5 Å². The number of carbonyl (C=O) groups is 1. The van der Waals surface area contributed by atoms with Crippen LogP contribution < -0.4 is 4.90 Å². The minimum Gasteiger partial charge on any atom is -0.413 e. The lowest BCUT2D eigenvalue weighted by Gasteiger charge is -2.33. The van der Waals surface area contributed by atoms with Crippen molar-refractivity contribution in [3.63, 3.8) is 0 Å². The Balaban J connectivity index is 1.40. The summed E-state index contributed by atoms with van der Waals surface area (Å²) < 4.78 is 5.38. The molecule has 2 aliphatic rings. The molecule has 1 aromatic carbocycles. The molecule has 0 spiro atoms. The van der Waals surface area contributed by atoms with Crippen LogP contribution in [0.2, 0.25) is 0 Å². The molecule has 0 saturated carbocycles. The average molecular weight is 349 g/mol. The predicted molar refractivity (Wildman–Crippen MR) is 95.3 cm³/mol. The summed E-state index contributed by atoms with van der Waals surface area (Å²) in [5, 5.41) is 14.8. The highest BCUT2D eigenvalue weighted by Gasteiger charge is 2.35. The highest BCUT2D eigenvalue weighted by atomic mass is 16.4. The lowest BCUT2D eigenvalue weighted by atomic mass is 9.94. The summed E-state index contributed by atoms with van der Waals surface area (Å²) in [5.41, 5.74) is 1.11. The molecule has 1 fully saturated rings. The number of hydrazone groups is 1. The number of nitrogens with zero attached hydrogens (tertiary/aromatic N) is 5. The van der Waals surface area contributed by atoms with Crippen LogP contribution in [0, 0.1) is 17.2 Å². The van der Waals surface area contributed by atoms with E-state index < -0.39 is 0 Å². The van der Waals surface area contributed by atoms with E-state index in [9.17, 15) is 4.79 Å². The number of benzene rings is 1. The van der Waals surface area contributed by atoms with Gasteiger partial charge in [0.05, 0.1) is 12.2 Å². The van der Waals surface area contributed by atoms with Crippen LogP contribution in [0.1, 0.15) is 36.6 Å². The number of oxazole rings is 1. The first-order valence-electron chi connectivity index (χ1n) is 8.77. The van der Waals surface area contributed by atoms with Crippen molar-refractivity contribution in [2.24, 2.45) is 11.0 Å². The van der Waals surface area contributed by atoms with E-state index in [0.29, 0.717) is 19.1 Å². The van der Waals surface area contributed by atoms with Crippen LogP contribution in [0.4, 0.5) is 6.01 Å². The van der Waals surface area contributed by atoms with Gasteiger partial charge in [0.1, 0.15) is 6.07 Å². The number of hydrogen-bond donors (Lipinski definition) is 0. The Kier molecular flexibility index (Phi) is 4.40. The van der Waals surface area contributed by atoms with Gasteiger partial charge in [-0.15, -0.1) is 0 Å². The fourth-order valence-electron chi connectivity index (χ4n) is 3.55. The Hall–Kier alpha value is -3.14. The van der Waals surface area contributed by atoms with Gasteiger partial charge in [-0.05, 0) is 18.4 Å². The molecule has 7 heteroatoms. The third-order valence-electron chi connectivity index (χ3n) is 4.96. The van der Waals surface area contributed by atoms with Gasteiger partial charge >= 0.3 is 0 Å². The van der Waals surface area contributed by atoms with Gasteiger partial charge in [-0.2, -0.15) is 10.4 Å². The van der Waals surface area contributed by atoms with Crippen molar-refractivity contribution < 1.29 is 9.21 Å². The van der Waals surface area contributed by atoms with Gasteiger partial charge in [0, 0.05) is 31.6 Å². The number of anilines is 1. The van der Waals surface area contributed by atoms with Gasteiger partial charge in [-0.1, -0.05) is 30.3 Å². The molecular weight excluding hydrogens is 330 g/mol. The van der Waals surface area contributed by atoms with E-state index in [0.717, 1.165) is 24.8 Å². The monoisotopic (exact) mass is 349 g/mol. The van der Waals surface area contributed by atoms with Crippen molar-refractivity contribution in [1.29, 1.82) is 5.26 Å². The van der Waals surface area contributed by atoms with Gasteiger partial charge in [0.2, 0.25) is 11.7 Å². The summed E-state index contributed by atoms with van der Waals surface area (Å²) in [5.74, 6) is 0.228. The second kappa shape index (κ2) is 7.00. The van der Waals surface area contributed by atoms with Crippen LogP contribution in [-0.4, -0.2) is 35.2 Å². The molecule has 1 atom stereocenters. The molecule has 2 aliphatic heterocycles. The standard InChI is InChI=1S/C19H19N5O2/c20-12-16-13-21-19(26-16)23-10-7-15(8-11-23)18(25)24-17(6-9-22-24)14-4-2-1-3-5-14/h1-5,9,13,15,17H,6-8,10-11H2/t17-/m0/s1. The minimum absolute atomic E-state index is 0.00773. The van der Waals surface area contributed by atoms with Gasteiger partial charge in [0.25, 0.3) is 6.01 Å². The van der Waals surface area contributed by atoms with E-state index in [4.69, 9.17) is 9.68 Å². The van der Waals surface area contributed by atoms with E-state index >= 15 is 0 Å². The van der Waals surface area contributed by atoms with Crippen LogP contribution >= 0.6 is 0 Å². The molecular formula is C19H19N5O2. The van der Waals surface area contributed by atoms with Crippen molar-refractivity contribution in [3.8, 4) is 6.07 Å². The van der Waals surface area contributed by atoms with Crippen LogP contribution in [0.15, 0.2) is 46.0 Å². The maximum absolute atomic E-state index is 13.0. The molecule has 1 saturated heterocycles. The van der Waals surface area contributed by atoms with E-state index in [-0.39, 0.29) is 23.6 Å². The van der Waals surface area contributed by atoms with E-state index in [2.05, 4.69) is 10.1 Å². The molecule has 0 aliphatic carbocycles. The lowest BCUT2D eigenvalue weighted by Crippen LogP contribution is -2.41. The zero-order valence-corrected chi connectivity index (χ0v) is 14.3. The second-order valence-electron chi connectivity index (χ2n) is 6.52. The van der Waals surface area contributed by atoms with E-state index in [1.165, 1.54) is 6.20 Å². The van der Waals surface area contributed by atoms with Crippen LogP contribution in [0.5, 0.6) is 0 Å². The van der Waals surface area contributed by atoms with Crippen molar-refractivity contribution in [2.45, 2.75) is 25.3 Å². The molecule has 0 unspecified atom stereocenters. The smallest absolute Gasteiger partial charge is 0.298 e. The molecule has 2 aromatic rings. The first-order chi connectivity index (χ1) is 12.8. The summed E-state index contributed by atoms with van der Waals surface area (Å²) in [6.45, 7) is 1.35. The molecule has 3 heterocycles. The normalized spacial score (nSPS) is 20.3. The molecule has 0 radical (unpaired) electrons. The van der Waals surface area contributed by atoms with Gasteiger partial charge in [-0.3, -0.25) is 4.79 Å². The highest BCUT2D eigenvalue weighted by molar-refractivity contribution is 5.82. The van der Waals surface area contributed by atoms with Crippen molar-refractivity contribution in [1.82, 2.24) is 9.99 Å². The number of amides is 1. The molecule has 1 aromatic heterocycles. The summed E-state index contributed by atoms with van der Waals surface area (Å²) in [6, 6.07) is 12.4. The number of rotatable bonds is 3. The average Bonchev–Trinajstić information content (AvgIpc) is 3.38. The summed E-state index contributed by atoms with van der Waals surface area (Å²) in [4.78, 5) is 19.1. The van der Waals surface area contributed by atoms with Crippen molar-refractivity contribution >= 4 is 18.1 Å². The Morgan fingerprint density at radius 1 is 1.23 bits per heavy atom. The molecule has 0 bridgehead atoms. The summed E-state index contributed by atoms with van der Waals surface area (Å²) in [6.07, 6.45) is 5.44. The van der Waals surface area contributed by atoms with Crippen LogP contribution in [0.3, 0.4) is 0 Å². The number of nitriles is 1. The Morgan fingerprint density at radius 2 is 2.00 bits per heavy atom. The third-order valence-corrected chi connectivity index (χ3v) is 4.96. The fourth-order valence-corrected chi connectivity index (χ4v) is 3.55. The zero-order valence-electron chi connectivity index (χ0n) is 14.3. The molecule has 1 amide bonds. The lowest BCUT2D eigenvalue weighted by molar-refractivity contribution is -0.138. The second-order valence-corrected chi connectivity index (χ2v) is 6.52. The summed E-state index contributed by atoms with van der Waals surface area (Å²) >= 11 is 0. The zero-order chi connectivity index (χ0) is 17.9. The number of aromatic nitrogens is 1. The number of piperidine rings is 1. The first kappa shape index (κ1) is 16.3. The Labute approximate surface area is 151 Å². The molecule has 4 rings (SSSR count). The SMILES string of the molecule is N#Cc1cnc(N2CCC(C(=O)N3N=CC[C@H]3c3ccccc3)CC2)o1. The van der Waals surface area contributed by atoms with Crippen molar-refractivity contribution in [2.75, 3.05) is 18.0 Å². The molecule has 7 nitrogen and oxygen atoms in total. The Morgan fingerprint density at radius 3 is 2.69 bits per heavy atom. The predicted octanol–water partition coefficient (Wildman–Crippen LogP) is 2.72. The minimum atomic E-state index is -0.0573.